The van der Waals surface area contributed by atoms with E-state index < -0.39 is 0 Å². The number of rotatable bonds is 4. The molecule has 0 spiro atoms. The summed E-state index contributed by atoms with van der Waals surface area (Å²) in [5, 5.41) is 0. The minimum atomic E-state index is -0.0733. The molecule has 0 bridgehead atoms. The largest absolute Gasteiger partial charge is 0.278 e. The van der Waals surface area contributed by atoms with Crippen molar-refractivity contribution in [1.29, 1.82) is 0 Å². The highest BCUT2D eigenvalue weighted by Crippen LogP contribution is 2.26. The van der Waals surface area contributed by atoms with E-state index >= 15 is 0 Å². The first-order chi connectivity index (χ1) is 13.0. The molecule has 0 aliphatic carbocycles. The number of hydrogen-bond acceptors (Lipinski definition) is 2. The van der Waals surface area contributed by atoms with Crippen LogP contribution in [0.4, 0.5) is 11.4 Å². The predicted octanol–water partition coefficient (Wildman–Crippen LogP) is 4.11. The van der Waals surface area contributed by atoms with Gasteiger partial charge in [-0.3, -0.25) is 19.4 Å². The zero-order valence-corrected chi connectivity index (χ0v) is 14.8. The van der Waals surface area contributed by atoms with Crippen molar-refractivity contribution in [1.82, 2.24) is 0 Å². The van der Waals surface area contributed by atoms with Gasteiger partial charge in [-0.2, -0.15) is 0 Å². The molecule has 0 unspecified atom stereocenters. The molecule has 0 N–H and O–H groups in total. The van der Waals surface area contributed by atoms with Crippen molar-refractivity contribution < 1.29 is 9.59 Å². The third kappa shape index (κ3) is 3.13. The Hall–Kier alpha value is -3.66. The maximum atomic E-state index is 11.9. The van der Waals surface area contributed by atoms with E-state index in [-0.39, 0.29) is 11.8 Å². The van der Waals surface area contributed by atoms with Gasteiger partial charge in [0.05, 0.1) is 0 Å². The molecule has 2 aliphatic heterocycles. The fourth-order valence-electron chi connectivity index (χ4n) is 3.26. The molecule has 2 aliphatic rings. The molecule has 4 nitrogen and oxygen atoms in total. The van der Waals surface area contributed by atoms with Crippen molar-refractivity contribution >= 4 is 23.2 Å². The van der Waals surface area contributed by atoms with E-state index in [4.69, 9.17) is 0 Å². The van der Waals surface area contributed by atoms with Crippen LogP contribution in [0.25, 0.3) is 0 Å². The molecule has 0 atom stereocenters. The highest BCUT2D eigenvalue weighted by molar-refractivity contribution is 6.08. The molecule has 0 aromatic heterocycles. The lowest BCUT2D eigenvalue weighted by Crippen LogP contribution is -2.22. The van der Waals surface area contributed by atoms with Crippen LogP contribution in [-0.4, -0.2) is 11.8 Å². The molecule has 2 aromatic carbocycles. The lowest BCUT2D eigenvalue weighted by atomic mass is 10.0. The molecule has 2 heterocycles. The first kappa shape index (κ1) is 16.8. The lowest BCUT2D eigenvalue weighted by Gasteiger charge is -2.18. The number of nitrogens with zero attached hydrogens (tertiary/aromatic N) is 2. The number of amides is 2. The van der Waals surface area contributed by atoms with Gasteiger partial charge in [-0.25, -0.2) is 0 Å². The SMILES string of the molecule is C=C1C=CC(=O)N1c1ccc(Cc2ccc(N3C(=C)C=CC3=O)cc2)cc1. The summed E-state index contributed by atoms with van der Waals surface area (Å²) in [7, 11) is 0. The summed E-state index contributed by atoms with van der Waals surface area (Å²) in [5.74, 6) is -0.147. The topological polar surface area (TPSA) is 40.6 Å². The number of allylic oxidation sites excluding steroid dienone is 2. The molecular formula is C23H18N2O2. The average molecular weight is 354 g/mol. The van der Waals surface area contributed by atoms with E-state index in [0.29, 0.717) is 11.4 Å². The summed E-state index contributed by atoms with van der Waals surface area (Å²) < 4.78 is 0. The van der Waals surface area contributed by atoms with Crippen molar-refractivity contribution in [3.05, 3.63) is 109 Å². The molecule has 2 aromatic rings. The molecule has 27 heavy (non-hydrogen) atoms. The molecule has 0 fully saturated rings. The third-order valence-corrected chi connectivity index (χ3v) is 4.65. The Labute approximate surface area is 158 Å². The fraction of sp³-hybridized carbons (Fsp3) is 0.0435. The summed E-state index contributed by atoms with van der Waals surface area (Å²) in [6.45, 7) is 7.77. The number of benzene rings is 2. The van der Waals surface area contributed by atoms with Crippen LogP contribution in [0.15, 0.2) is 97.4 Å². The van der Waals surface area contributed by atoms with Gasteiger partial charge in [0.2, 0.25) is 0 Å². The first-order valence-corrected chi connectivity index (χ1v) is 8.63. The van der Waals surface area contributed by atoms with Gasteiger partial charge in [-0.15, -0.1) is 0 Å². The highest BCUT2D eigenvalue weighted by Gasteiger charge is 2.21. The smallest absolute Gasteiger partial charge is 0.255 e. The molecule has 0 saturated carbocycles. The van der Waals surface area contributed by atoms with Crippen LogP contribution >= 0.6 is 0 Å². The summed E-state index contributed by atoms with van der Waals surface area (Å²) in [6.07, 6.45) is 7.24. The number of hydrogen-bond donors (Lipinski definition) is 0. The Balaban J connectivity index is 1.47. The molecular weight excluding hydrogens is 336 g/mol. The zero-order chi connectivity index (χ0) is 19.0. The van der Waals surface area contributed by atoms with E-state index in [9.17, 15) is 9.59 Å². The zero-order valence-electron chi connectivity index (χ0n) is 14.8. The Morgan fingerprint density at radius 2 is 0.963 bits per heavy atom. The van der Waals surface area contributed by atoms with Gasteiger partial charge in [0, 0.05) is 34.9 Å². The van der Waals surface area contributed by atoms with Crippen LogP contribution in [0, 0.1) is 0 Å². The van der Waals surface area contributed by atoms with Gasteiger partial charge in [-0.1, -0.05) is 37.4 Å². The van der Waals surface area contributed by atoms with Crippen LogP contribution in [-0.2, 0) is 16.0 Å². The van der Waals surface area contributed by atoms with Crippen LogP contribution in [0.2, 0.25) is 0 Å². The standard InChI is InChI=1S/C23H18N2O2/c1-16-3-13-22(26)24(16)20-9-5-18(6-10-20)15-19-7-11-21(12-8-19)25-17(2)4-14-23(25)27/h3-14H,1-2,15H2. The number of carbonyl (C=O) groups is 2. The quantitative estimate of drug-likeness (QED) is 0.829. The van der Waals surface area contributed by atoms with E-state index in [2.05, 4.69) is 13.2 Å². The normalized spacial score (nSPS) is 16.1. The summed E-state index contributed by atoms with van der Waals surface area (Å²) >= 11 is 0. The summed E-state index contributed by atoms with van der Waals surface area (Å²) in [6, 6.07) is 15.8. The average Bonchev–Trinajstić information content (AvgIpc) is 3.18. The maximum Gasteiger partial charge on any atom is 0.255 e. The molecule has 4 rings (SSSR count). The van der Waals surface area contributed by atoms with Gasteiger partial charge in [0.1, 0.15) is 0 Å². The minimum Gasteiger partial charge on any atom is -0.278 e. The summed E-state index contributed by atoms with van der Waals surface area (Å²) in [5.41, 5.74) is 5.26. The Bertz CT molecular complexity index is 892. The monoisotopic (exact) mass is 354 g/mol. The van der Waals surface area contributed by atoms with Gasteiger partial charge >= 0.3 is 0 Å². The molecule has 2 amide bonds. The Morgan fingerprint density at radius 3 is 1.26 bits per heavy atom. The van der Waals surface area contributed by atoms with E-state index in [1.807, 2.05) is 48.5 Å². The second kappa shape index (κ2) is 6.57. The predicted molar refractivity (Wildman–Crippen MR) is 107 cm³/mol. The number of carbonyl (C=O) groups excluding carboxylic acids is 2. The minimum absolute atomic E-state index is 0.0733. The Morgan fingerprint density at radius 1 is 0.593 bits per heavy atom. The molecule has 132 valence electrons. The van der Waals surface area contributed by atoms with E-state index in [0.717, 1.165) is 28.9 Å². The van der Waals surface area contributed by atoms with Gasteiger partial charge in [-0.05, 0) is 54.0 Å². The third-order valence-electron chi connectivity index (χ3n) is 4.65. The van der Waals surface area contributed by atoms with Crippen molar-refractivity contribution in [3.8, 4) is 0 Å². The van der Waals surface area contributed by atoms with Crippen LogP contribution < -0.4 is 9.80 Å². The van der Waals surface area contributed by atoms with Crippen LogP contribution in [0.5, 0.6) is 0 Å². The fourth-order valence-corrected chi connectivity index (χ4v) is 3.26. The van der Waals surface area contributed by atoms with Crippen molar-refractivity contribution in [2.75, 3.05) is 9.80 Å². The summed E-state index contributed by atoms with van der Waals surface area (Å²) in [4.78, 5) is 27.0. The second-order valence-electron chi connectivity index (χ2n) is 6.51. The molecule has 0 radical (unpaired) electrons. The van der Waals surface area contributed by atoms with Crippen LogP contribution in [0.3, 0.4) is 0 Å². The van der Waals surface area contributed by atoms with Gasteiger partial charge in [0.15, 0.2) is 0 Å². The maximum absolute atomic E-state index is 11.9. The van der Waals surface area contributed by atoms with E-state index in [1.165, 1.54) is 12.2 Å². The van der Waals surface area contributed by atoms with Crippen molar-refractivity contribution in [2.24, 2.45) is 0 Å². The van der Waals surface area contributed by atoms with Crippen molar-refractivity contribution in [3.63, 3.8) is 0 Å². The highest BCUT2D eigenvalue weighted by atomic mass is 16.2. The molecule has 0 saturated heterocycles. The van der Waals surface area contributed by atoms with Gasteiger partial charge in [0.25, 0.3) is 11.8 Å². The molecule has 4 heteroatoms. The van der Waals surface area contributed by atoms with Gasteiger partial charge < -0.3 is 0 Å². The van der Waals surface area contributed by atoms with Crippen LogP contribution in [0.1, 0.15) is 11.1 Å². The second-order valence-corrected chi connectivity index (χ2v) is 6.51. The first-order valence-electron chi connectivity index (χ1n) is 8.63. The Kier molecular flexibility index (Phi) is 4.09. The lowest BCUT2D eigenvalue weighted by molar-refractivity contribution is -0.114. The van der Waals surface area contributed by atoms with Crippen molar-refractivity contribution in [2.45, 2.75) is 6.42 Å². The van der Waals surface area contributed by atoms with E-state index in [1.54, 1.807) is 22.0 Å². The number of anilines is 2.